The molecule has 0 amide bonds. The van der Waals surface area contributed by atoms with Gasteiger partial charge in [-0.3, -0.25) is 0 Å². The Morgan fingerprint density at radius 3 is 2.93 bits per heavy atom. The van der Waals surface area contributed by atoms with Crippen LogP contribution >= 0.6 is 11.8 Å². The molecule has 0 bridgehead atoms. The Morgan fingerprint density at radius 1 is 1.47 bits per heavy atom. The Hall–Kier alpha value is -0.910. The third-order valence-corrected chi connectivity index (χ3v) is 2.84. The molecule has 6 heteroatoms. The zero-order valence-corrected chi connectivity index (χ0v) is 8.77. The van der Waals surface area contributed by atoms with E-state index in [1.54, 1.807) is 0 Å². The second-order valence-corrected chi connectivity index (χ2v) is 4.36. The SMILES string of the molecule is FC(F)=CCCSc1nnc(C2CC2)o1. The molecule has 1 fully saturated rings. The molecule has 1 aromatic heterocycles. The van der Waals surface area contributed by atoms with Gasteiger partial charge >= 0.3 is 0 Å². The van der Waals surface area contributed by atoms with E-state index in [2.05, 4.69) is 10.2 Å². The summed E-state index contributed by atoms with van der Waals surface area (Å²) < 4.78 is 28.7. The molecule has 2 rings (SSSR count). The van der Waals surface area contributed by atoms with Gasteiger partial charge in [0, 0.05) is 11.7 Å². The maximum absolute atomic E-state index is 11.7. The summed E-state index contributed by atoms with van der Waals surface area (Å²) in [7, 11) is 0. The van der Waals surface area contributed by atoms with E-state index in [1.807, 2.05) is 0 Å². The van der Waals surface area contributed by atoms with Gasteiger partial charge in [0.25, 0.3) is 11.3 Å². The van der Waals surface area contributed by atoms with Crippen molar-refractivity contribution < 1.29 is 13.2 Å². The molecule has 3 nitrogen and oxygen atoms in total. The zero-order chi connectivity index (χ0) is 10.7. The minimum Gasteiger partial charge on any atom is -0.416 e. The van der Waals surface area contributed by atoms with Crippen LogP contribution < -0.4 is 0 Å². The number of halogens is 2. The molecule has 0 atom stereocenters. The van der Waals surface area contributed by atoms with Crippen LogP contribution in [0.5, 0.6) is 0 Å². The lowest BCUT2D eigenvalue weighted by molar-refractivity contribution is 0.413. The van der Waals surface area contributed by atoms with Gasteiger partial charge in [-0.2, -0.15) is 8.78 Å². The molecule has 0 radical (unpaired) electrons. The lowest BCUT2D eigenvalue weighted by Crippen LogP contribution is -1.77. The molecule has 1 saturated carbocycles. The lowest BCUT2D eigenvalue weighted by Gasteiger charge is -1.90. The van der Waals surface area contributed by atoms with E-state index in [1.165, 1.54) is 11.8 Å². The second kappa shape index (κ2) is 4.74. The summed E-state index contributed by atoms with van der Waals surface area (Å²) in [5.74, 6) is 1.66. The van der Waals surface area contributed by atoms with E-state index in [9.17, 15) is 8.78 Å². The molecule has 0 unspecified atom stereocenters. The molecule has 0 aromatic carbocycles. The van der Waals surface area contributed by atoms with E-state index >= 15 is 0 Å². The Balaban J connectivity index is 1.75. The molecule has 1 aromatic rings. The Bertz CT molecular complexity index is 359. The minimum atomic E-state index is -1.64. The van der Waals surface area contributed by atoms with E-state index in [4.69, 9.17) is 4.42 Å². The fourth-order valence-corrected chi connectivity index (χ4v) is 1.74. The molecule has 0 spiro atoms. The van der Waals surface area contributed by atoms with E-state index in [-0.39, 0.29) is 0 Å². The summed E-state index contributed by atoms with van der Waals surface area (Å²) in [5.41, 5.74) is 0. The second-order valence-electron chi connectivity index (χ2n) is 3.31. The van der Waals surface area contributed by atoms with Crippen LogP contribution in [0, 0.1) is 0 Å². The highest BCUT2D eigenvalue weighted by atomic mass is 32.2. The number of hydrogen-bond donors (Lipinski definition) is 0. The van der Waals surface area contributed by atoms with Crippen LogP contribution in [-0.4, -0.2) is 16.0 Å². The molecule has 0 aliphatic heterocycles. The first-order valence-corrected chi connectivity index (χ1v) is 5.71. The molecular formula is C9H10F2N2OS. The van der Waals surface area contributed by atoms with Gasteiger partial charge in [0.1, 0.15) is 0 Å². The summed E-state index contributed by atoms with van der Waals surface area (Å²) in [4.78, 5) is 0. The fraction of sp³-hybridized carbons (Fsp3) is 0.556. The van der Waals surface area contributed by atoms with Crippen molar-refractivity contribution in [2.45, 2.75) is 30.4 Å². The van der Waals surface area contributed by atoms with E-state index < -0.39 is 6.08 Å². The monoisotopic (exact) mass is 232 g/mol. The van der Waals surface area contributed by atoms with Gasteiger partial charge in [-0.25, -0.2) is 0 Å². The van der Waals surface area contributed by atoms with Crippen molar-refractivity contribution in [1.29, 1.82) is 0 Å². The first-order chi connectivity index (χ1) is 7.25. The van der Waals surface area contributed by atoms with Crippen LogP contribution in [0.4, 0.5) is 8.78 Å². The first kappa shape index (κ1) is 10.6. The molecule has 15 heavy (non-hydrogen) atoms. The highest BCUT2D eigenvalue weighted by molar-refractivity contribution is 7.99. The molecule has 1 aliphatic carbocycles. The molecular weight excluding hydrogens is 222 g/mol. The van der Waals surface area contributed by atoms with Gasteiger partial charge in [-0.05, 0) is 25.3 Å². The third kappa shape index (κ3) is 3.30. The van der Waals surface area contributed by atoms with Crippen LogP contribution in [-0.2, 0) is 0 Å². The van der Waals surface area contributed by atoms with E-state index in [0.29, 0.717) is 29.2 Å². The third-order valence-electron chi connectivity index (χ3n) is 1.99. The van der Waals surface area contributed by atoms with Crippen molar-refractivity contribution in [3.63, 3.8) is 0 Å². The number of thioether (sulfide) groups is 1. The standard InChI is InChI=1S/C9H10F2N2OS/c10-7(11)2-1-5-15-9-13-12-8(14-9)6-3-4-6/h2,6H,1,3-5H2. The highest BCUT2D eigenvalue weighted by Crippen LogP contribution is 2.39. The first-order valence-electron chi connectivity index (χ1n) is 4.73. The molecule has 0 saturated heterocycles. The quantitative estimate of drug-likeness (QED) is 0.577. The predicted molar refractivity (Wildman–Crippen MR) is 51.9 cm³/mol. The Kier molecular flexibility index (Phi) is 3.35. The molecule has 1 heterocycles. The van der Waals surface area contributed by atoms with Gasteiger partial charge in [-0.1, -0.05) is 11.8 Å². The van der Waals surface area contributed by atoms with Gasteiger partial charge < -0.3 is 4.42 Å². The smallest absolute Gasteiger partial charge is 0.276 e. The van der Waals surface area contributed by atoms with Gasteiger partial charge in [-0.15, -0.1) is 10.2 Å². The number of rotatable bonds is 5. The summed E-state index contributed by atoms with van der Waals surface area (Å²) >= 11 is 1.31. The van der Waals surface area contributed by atoms with E-state index in [0.717, 1.165) is 18.9 Å². The predicted octanol–water partition coefficient (Wildman–Crippen LogP) is 3.21. The number of nitrogens with zero attached hydrogens (tertiary/aromatic N) is 2. The van der Waals surface area contributed by atoms with Crippen molar-refractivity contribution >= 4 is 11.8 Å². The van der Waals surface area contributed by atoms with Crippen molar-refractivity contribution in [1.82, 2.24) is 10.2 Å². The van der Waals surface area contributed by atoms with Gasteiger partial charge in [0.05, 0.1) is 0 Å². The number of hydrogen-bond acceptors (Lipinski definition) is 4. The average Bonchev–Trinajstić information content (AvgIpc) is 2.94. The van der Waals surface area contributed by atoms with Crippen LogP contribution in [0.1, 0.15) is 31.1 Å². The van der Waals surface area contributed by atoms with Crippen LogP contribution in [0.3, 0.4) is 0 Å². The normalized spacial score (nSPS) is 15.3. The Morgan fingerprint density at radius 2 is 2.27 bits per heavy atom. The van der Waals surface area contributed by atoms with Crippen molar-refractivity contribution in [2.75, 3.05) is 5.75 Å². The molecule has 0 N–H and O–H groups in total. The topological polar surface area (TPSA) is 38.9 Å². The average molecular weight is 232 g/mol. The van der Waals surface area contributed by atoms with Crippen molar-refractivity contribution in [2.24, 2.45) is 0 Å². The minimum absolute atomic E-state index is 0.314. The largest absolute Gasteiger partial charge is 0.416 e. The molecule has 1 aliphatic rings. The zero-order valence-electron chi connectivity index (χ0n) is 7.95. The summed E-state index contributed by atoms with van der Waals surface area (Å²) in [6.45, 7) is 0. The lowest BCUT2D eigenvalue weighted by atomic mass is 10.4. The van der Waals surface area contributed by atoms with Crippen molar-refractivity contribution in [3.05, 3.63) is 18.0 Å². The van der Waals surface area contributed by atoms with Gasteiger partial charge in [0.15, 0.2) is 0 Å². The maximum atomic E-state index is 11.7. The van der Waals surface area contributed by atoms with Crippen LogP contribution in [0.25, 0.3) is 0 Å². The van der Waals surface area contributed by atoms with Crippen LogP contribution in [0.2, 0.25) is 0 Å². The summed E-state index contributed by atoms with van der Waals surface area (Å²) in [6, 6.07) is 0. The van der Waals surface area contributed by atoms with Gasteiger partial charge in [0.2, 0.25) is 5.89 Å². The maximum Gasteiger partial charge on any atom is 0.276 e. The summed E-state index contributed by atoms with van der Waals surface area (Å²) in [6.07, 6.45) is 1.79. The number of aromatic nitrogens is 2. The number of allylic oxidation sites excluding steroid dienone is 1. The summed E-state index contributed by atoms with van der Waals surface area (Å²) in [5, 5.41) is 8.20. The molecule has 82 valence electrons. The fourth-order valence-electron chi connectivity index (χ4n) is 1.09. The highest BCUT2D eigenvalue weighted by Gasteiger charge is 2.29. The van der Waals surface area contributed by atoms with Crippen LogP contribution in [0.15, 0.2) is 21.8 Å². The Labute approximate surface area is 89.9 Å². The van der Waals surface area contributed by atoms with Crippen molar-refractivity contribution in [3.8, 4) is 0 Å².